The summed E-state index contributed by atoms with van der Waals surface area (Å²) >= 11 is 0. The van der Waals surface area contributed by atoms with Crippen molar-refractivity contribution < 1.29 is 27.1 Å². The monoisotopic (exact) mass is 419 g/mol. The lowest BCUT2D eigenvalue weighted by Gasteiger charge is -2.22. The second-order valence-corrected chi connectivity index (χ2v) is 6.33. The largest absolute Gasteiger partial charge is 0.495 e. The molecule has 0 saturated carbocycles. The number of nitrogens with one attached hydrogen (secondary N) is 1. The molecule has 0 aliphatic rings. The second kappa shape index (κ2) is 8.89. The van der Waals surface area contributed by atoms with Crippen LogP contribution in [-0.2, 0) is 12.9 Å². The molecule has 0 saturated heterocycles. The molecule has 2 aromatic heterocycles. The predicted molar refractivity (Wildman–Crippen MR) is 101 cm³/mol. The molecule has 0 bridgehead atoms. The van der Waals surface area contributed by atoms with E-state index in [2.05, 4.69) is 15.3 Å². The highest BCUT2D eigenvalue weighted by Crippen LogP contribution is 2.35. The van der Waals surface area contributed by atoms with E-state index in [0.717, 1.165) is 6.07 Å². The molecule has 1 amide bonds. The summed E-state index contributed by atoms with van der Waals surface area (Å²) in [4.78, 5) is 20.6. The first-order chi connectivity index (χ1) is 14.3. The van der Waals surface area contributed by atoms with E-state index in [1.54, 1.807) is 0 Å². The van der Waals surface area contributed by atoms with Gasteiger partial charge in [0.1, 0.15) is 12.4 Å². The zero-order chi connectivity index (χ0) is 21.7. The van der Waals surface area contributed by atoms with Gasteiger partial charge < -0.3 is 10.1 Å². The molecule has 3 aromatic rings. The molecule has 5 nitrogen and oxygen atoms in total. The minimum Gasteiger partial charge on any atom is -0.495 e. The van der Waals surface area contributed by atoms with Gasteiger partial charge in [-0.25, -0.2) is 4.39 Å². The minimum atomic E-state index is -4.68. The van der Waals surface area contributed by atoms with Crippen LogP contribution in [0.1, 0.15) is 38.8 Å². The first kappa shape index (κ1) is 21.2. The average molecular weight is 419 g/mol. The Morgan fingerprint density at radius 2 is 1.90 bits per heavy atom. The van der Waals surface area contributed by atoms with Crippen LogP contribution in [0.2, 0.25) is 0 Å². The van der Waals surface area contributed by atoms with Gasteiger partial charge in [-0.2, -0.15) is 13.2 Å². The number of methoxy groups -OCH3 is 1. The molecular formula is C21H17F4N3O2. The Balaban J connectivity index is 2.05. The quantitative estimate of drug-likeness (QED) is 0.598. The van der Waals surface area contributed by atoms with Crippen molar-refractivity contribution in [1.82, 2.24) is 15.3 Å². The van der Waals surface area contributed by atoms with E-state index < -0.39 is 30.4 Å². The molecule has 2 heterocycles. The van der Waals surface area contributed by atoms with Crippen molar-refractivity contribution in [3.05, 3.63) is 89.0 Å². The molecule has 0 spiro atoms. The summed E-state index contributed by atoms with van der Waals surface area (Å²) in [5, 5.41) is 2.58. The number of carbonyl (C=O) groups is 1. The van der Waals surface area contributed by atoms with Gasteiger partial charge in [-0.3, -0.25) is 14.8 Å². The first-order valence-corrected chi connectivity index (χ1v) is 8.80. The molecule has 1 N–H and O–H groups in total. The van der Waals surface area contributed by atoms with Crippen LogP contribution in [-0.4, -0.2) is 23.0 Å². The summed E-state index contributed by atoms with van der Waals surface area (Å²) in [7, 11) is 1.40. The lowest BCUT2D eigenvalue weighted by atomic mass is 9.97. The number of halogens is 4. The van der Waals surface area contributed by atoms with Gasteiger partial charge in [-0.1, -0.05) is 24.3 Å². The van der Waals surface area contributed by atoms with Crippen LogP contribution in [0.15, 0.2) is 61.1 Å². The van der Waals surface area contributed by atoms with Gasteiger partial charge in [0, 0.05) is 12.4 Å². The fourth-order valence-corrected chi connectivity index (χ4v) is 2.87. The Bertz CT molecular complexity index is 1020. The first-order valence-electron chi connectivity index (χ1n) is 8.80. The third kappa shape index (κ3) is 4.73. The summed E-state index contributed by atoms with van der Waals surface area (Å²) in [5.41, 5.74) is -0.571. The Kier molecular flexibility index (Phi) is 6.29. The maximum atomic E-state index is 13.6. The molecule has 0 aliphatic heterocycles. The van der Waals surface area contributed by atoms with Crippen LogP contribution in [0.3, 0.4) is 0 Å². The van der Waals surface area contributed by atoms with Gasteiger partial charge in [0.2, 0.25) is 0 Å². The molecule has 1 aromatic carbocycles. The number of amides is 1. The minimum absolute atomic E-state index is 0.101. The van der Waals surface area contributed by atoms with E-state index in [4.69, 9.17) is 4.74 Å². The molecule has 0 aliphatic carbocycles. The summed E-state index contributed by atoms with van der Waals surface area (Å²) in [5.74, 6) is -0.347. The number of pyridine rings is 2. The van der Waals surface area contributed by atoms with Crippen LogP contribution in [0.5, 0.6) is 5.75 Å². The third-order valence-corrected chi connectivity index (χ3v) is 4.37. The Morgan fingerprint density at radius 1 is 1.17 bits per heavy atom. The lowest BCUT2D eigenvalue weighted by Crippen LogP contribution is -2.31. The van der Waals surface area contributed by atoms with Gasteiger partial charge in [-0.05, 0) is 29.3 Å². The number of benzene rings is 1. The number of rotatable bonds is 6. The summed E-state index contributed by atoms with van der Waals surface area (Å²) in [6, 6.07) is 8.05. The average Bonchev–Trinajstić information content (AvgIpc) is 2.77. The van der Waals surface area contributed by atoms with Crippen molar-refractivity contribution in [3.8, 4) is 5.75 Å². The standard InChI is InChI=1S/C21H17F4N3O2/c1-30-16-9-15(11-26-12-16)20(29)28-18(14-6-4-13(10-22)5-7-14)19-17(21(23,24)25)3-2-8-27-19/h2-9,11-12,18H,10H2,1H3,(H,28,29)/t18-/m0/s1. The van der Waals surface area contributed by atoms with Crippen molar-refractivity contribution >= 4 is 5.91 Å². The number of nitrogens with zero attached hydrogens (tertiary/aromatic N) is 2. The summed E-state index contributed by atoms with van der Waals surface area (Å²) in [6.45, 7) is -0.718. The van der Waals surface area contributed by atoms with Crippen molar-refractivity contribution in [1.29, 1.82) is 0 Å². The van der Waals surface area contributed by atoms with Gasteiger partial charge in [0.05, 0.1) is 36.2 Å². The molecule has 0 radical (unpaired) electrons. The molecule has 156 valence electrons. The topological polar surface area (TPSA) is 64.1 Å². The molecular weight excluding hydrogens is 402 g/mol. The predicted octanol–water partition coefficient (Wildman–Crippen LogP) is 4.49. The van der Waals surface area contributed by atoms with E-state index in [9.17, 15) is 22.4 Å². The molecule has 0 unspecified atom stereocenters. The van der Waals surface area contributed by atoms with Crippen LogP contribution >= 0.6 is 0 Å². The molecule has 0 fully saturated rings. The van der Waals surface area contributed by atoms with Crippen LogP contribution < -0.4 is 10.1 Å². The fraction of sp³-hybridized carbons (Fsp3) is 0.190. The molecule has 3 rings (SSSR count). The number of hydrogen-bond acceptors (Lipinski definition) is 4. The Morgan fingerprint density at radius 3 is 2.53 bits per heavy atom. The zero-order valence-corrected chi connectivity index (χ0v) is 15.8. The van der Waals surface area contributed by atoms with E-state index >= 15 is 0 Å². The third-order valence-electron chi connectivity index (χ3n) is 4.37. The normalized spacial score (nSPS) is 12.3. The highest BCUT2D eigenvalue weighted by Gasteiger charge is 2.37. The van der Waals surface area contributed by atoms with E-state index in [-0.39, 0.29) is 11.3 Å². The fourth-order valence-electron chi connectivity index (χ4n) is 2.87. The van der Waals surface area contributed by atoms with Gasteiger partial charge in [-0.15, -0.1) is 0 Å². The molecule has 30 heavy (non-hydrogen) atoms. The smallest absolute Gasteiger partial charge is 0.418 e. The van der Waals surface area contributed by atoms with Crippen LogP contribution in [0.4, 0.5) is 17.6 Å². The Hall–Kier alpha value is -3.49. The van der Waals surface area contributed by atoms with E-state index in [0.29, 0.717) is 16.9 Å². The van der Waals surface area contributed by atoms with Crippen LogP contribution in [0, 0.1) is 0 Å². The Labute approximate surface area is 169 Å². The number of carbonyl (C=O) groups excluding carboxylic acids is 1. The number of hydrogen-bond donors (Lipinski definition) is 1. The summed E-state index contributed by atoms with van der Waals surface area (Å²) < 4.78 is 58.6. The van der Waals surface area contributed by atoms with Crippen LogP contribution in [0.25, 0.3) is 0 Å². The van der Waals surface area contributed by atoms with Crippen molar-refractivity contribution in [2.75, 3.05) is 7.11 Å². The number of aromatic nitrogens is 2. The van der Waals surface area contributed by atoms with E-state index in [1.165, 1.54) is 62.1 Å². The van der Waals surface area contributed by atoms with Gasteiger partial charge in [0.25, 0.3) is 5.91 Å². The highest BCUT2D eigenvalue weighted by atomic mass is 19.4. The highest BCUT2D eigenvalue weighted by molar-refractivity contribution is 5.94. The number of ether oxygens (including phenoxy) is 1. The number of alkyl halides is 4. The van der Waals surface area contributed by atoms with E-state index in [1.807, 2.05) is 0 Å². The van der Waals surface area contributed by atoms with Crippen molar-refractivity contribution in [2.24, 2.45) is 0 Å². The maximum absolute atomic E-state index is 13.6. The van der Waals surface area contributed by atoms with Gasteiger partial charge >= 0.3 is 6.18 Å². The van der Waals surface area contributed by atoms with Crippen molar-refractivity contribution in [2.45, 2.75) is 18.9 Å². The second-order valence-electron chi connectivity index (χ2n) is 6.33. The SMILES string of the molecule is COc1cncc(C(=O)N[C@@H](c2ccc(CF)cc2)c2ncccc2C(F)(F)F)c1. The maximum Gasteiger partial charge on any atom is 0.418 e. The molecule has 1 atom stereocenters. The van der Waals surface area contributed by atoms with Gasteiger partial charge in [0.15, 0.2) is 0 Å². The lowest BCUT2D eigenvalue weighted by molar-refractivity contribution is -0.138. The zero-order valence-electron chi connectivity index (χ0n) is 15.8. The summed E-state index contributed by atoms with van der Waals surface area (Å²) in [6.07, 6.45) is -0.801. The van der Waals surface area contributed by atoms with Crippen molar-refractivity contribution in [3.63, 3.8) is 0 Å². The molecule has 9 heteroatoms.